The largest absolute Gasteiger partial charge is 0.460 e. The summed E-state index contributed by atoms with van der Waals surface area (Å²) in [4.78, 5) is 24.6. The van der Waals surface area contributed by atoms with E-state index < -0.39 is 42.0 Å². The van der Waals surface area contributed by atoms with Gasteiger partial charge in [0.2, 0.25) is 5.91 Å². The van der Waals surface area contributed by atoms with Gasteiger partial charge in [-0.25, -0.2) is 0 Å². The number of halogens is 3. The molecule has 0 N–H and O–H groups in total. The van der Waals surface area contributed by atoms with Gasteiger partial charge in [-0.1, -0.05) is 0 Å². The summed E-state index contributed by atoms with van der Waals surface area (Å²) in [6.45, 7) is 3.57. The molecular weight excluding hydrogens is 291 g/mol. The van der Waals surface area contributed by atoms with Crippen LogP contribution >= 0.6 is 0 Å². The lowest BCUT2D eigenvalue weighted by molar-refractivity contribution is -0.194. The van der Waals surface area contributed by atoms with Crippen LogP contribution in [0.1, 0.15) is 20.8 Å². The van der Waals surface area contributed by atoms with Crippen LogP contribution in [0.5, 0.6) is 0 Å². The van der Waals surface area contributed by atoms with Gasteiger partial charge in [-0.15, -0.1) is 0 Å². The minimum absolute atomic E-state index is 0.304. The van der Waals surface area contributed by atoms with Crippen molar-refractivity contribution in [1.82, 2.24) is 4.90 Å². The number of esters is 1. The number of nitrogens with zero attached hydrogens (tertiary/aromatic N) is 1. The highest BCUT2D eigenvalue weighted by Gasteiger charge is 2.54. The monoisotopic (exact) mass is 311 g/mol. The molecule has 21 heavy (non-hydrogen) atoms. The fraction of sp³-hybridized carbons (Fsp3) is 0.846. The zero-order valence-corrected chi connectivity index (χ0v) is 12.5. The summed E-state index contributed by atoms with van der Waals surface area (Å²) in [5, 5.41) is 0. The lowest BCUT2D eigenvalue weighted by Crippen LogP contribution is -2.37. The molecule has 1 saturated heterocycles. The quantitative estimate of drug-likeness (QED) is 0.743. The van der Waals surface area contributed by atoms with Crippen LogP contribution < -0.4 is 0 Å². The van der Waals surface area contributed by atoms with Gasteiger partial charge in [-0.05, 0) is 20.8 Å². The molecular formula is C13H20F3NO4. The molecule has 1 aliphatic rings. The molecule has 122 valence electrons. The fourth-order valence-electron chi connectivity index (χ4n) is 2.17. The molecule has 1 fully saturated rings. The summed E-state index contributed by atoms with van der Waals surface area (Å²) in [7, 11) is 1.28. The number of carbonyl (C=O) groups excluding carboxylic acids is 2. The Morgan fingerprint density at radius 3 is 2.19 bits per heavy atom. The van der Waals surface area contributed by atoms with E-state index in [4.69, 9.17) is 4.74 Å². The van der Waals surface area contributed by atoms with Gasteiger partial charge in [0, 0.05) is 20.2 Å². The SMILES string of the molecule is COCC(=O)N1C[C@@H](C(F)(F)F)[C@H](C(=O)OC(C)(C)C)C1. The maximum Gasteiger partial charge on any atom is 0.394 e. The number of hydrogen-bond donors (Lipinski definition) is 0. The Labute approximate surface area is 121 Å². The molecule has 2 atom stereocenters. The van der Waals surface area contributed by atoms with Gasteiger partial charge >= 0.3 is 12.1 Å². The number of rotatable bonds is 3. The zero-order chi connectivity index (χ0) is 16.4. The lowest BCUT2D eigenvalue weighted by Gasteiger charge is -2.25. The Morgan fingerprint density at radius 1 is 1.19 bits per heavy atom. The molecule has 0 aromatic carbocycles. The van der Waals surface area contributed by atoms with Crippen LogP contribution in [0.4, 0.5) is 13.2 Å². The number of amides is 1. The van der Waals surface area contributed by atoms with E-state index in [0.29, 0.717) is 0 Å². The molecule has 0 saturated carbocycles. The van der Waals surface area contributed by atoms with Crippen molar-refractivity contribution in [3.63, 3.8) is 0 Å². The zero-order valence-electron chi connectivity index (χ0n) is 12.5. The lowest BCUT2D eigenvalue weighted by atomic mass is 9.95. The van der Waals surface area contributed by atoms with Crippen LogP contribution in [0.25, 0.3) is 0 Å². The Bertz CT molecular complexity index is 403. The van der Waals surface area contributed by atoms with Crippen molar-refractivity contribution < 1.29 is 32.2 Å². The van der Waals surface area contributed by atoms with Gasteiger partial charge in [0.25, 0.3) is 0 Å². The molecule has 0 radical (unpaired) electrons. The van der Waals surface area contributed by atoms with Crippen molar-refractivity contribution in [2.75, 3.05) is 26.8 Å². The summed E-state index contributed by atoms with van der Waals surface area (Å²) in [6, 6.07) is 0. The number of methoxy groups -OCH3 is 1. The van der Waals surface area contributed by atoms with Gasteiger partial charge in [0.05, 0.1) is 11.8 Å². The molecule has 0 unspecified atom stereocenters. The topological polar surface area (TPSA) is 55.8 Å². The Hall–Kier alpha value is -1.31. The average molecular weight is 311 g/mol. The third kappa shape index (κ3) is 4.87. The molecule has 5 nitrogen and oxygen atoms in total. The second-order valence-electron chi connectivity index (χ2n) is 6.02. The van der Waals surface area contributed by atoms with E-state index in [0.717, 1.165) is 4.90 Å². The number of ether oxygens (including phenoxy) is 2. The van der Waals surface area contributed by atoms with Crippen LogP contribution in [0.2, 0.25) is 0 Å². The normalized spacial score (nSPS) is 23.3. The number of alkyl halides is 3. The van der Waals surface area contributed by atoms with E-state index in [1.165, 1.54) is 7.11 Å². The van der Waals surface area contributed by atoms with Crippen molar-refractivity contribution in [2.24, 2.45) is 11.8 Å². The minimum atomic E-state index is -4.57. The van der Waals surface area contributed by atoms with Gasteiger partial charge in [-0.2, -0.15) is 13.2 Å². The Balaban J connectivity index is 2.88. The van der Waals surface area contributed by atoms with E-state index in [2.05, 4.69) is 4.74 Å². The fourth-order valence-corrected chi connectivity index (χ4v) is 2.17. The predicted octanol–water partition coefficient (Wildman–Crippen LogP) is 1.61. The van der Waals surface area contributed by atoms with E-state index in [-0.39, 0.29) is 13.2 Å². The van der Waals surface area contributed by atoms with Crippen molar-refractivity contribution in [1.29, 1.82) is 0 Å². The molecule has 8 heteroatoms. The molecule has 1 heterocycles. The highest BCUT2D eigenvalue weighted by Crippen LogP contribution is 2.38. The first-order chi connectivity index (χ1) is 9.45. The third-order valence-electron chi connectivity index (χ3n) is 3.07. The minimum Gasteiger partial charge on any atom is -0.460 e. The van der Waals surface area contributed by atoms with Crippen molar-refractivity contribution in [3.8, 4) is 0 Å². The van der Waals surface area contributed by atoms with E-state index in [1.54, 1.807) is 20.8 Å². The van der Waals surface area contributed by atoms with Crippen LogP contribution in [-0.2, 0) is 19.1 Å². The molecule has 1 amide bonds. The van der Waals surface area contributed by atoms with Crippen LogP contribution in [-0.4, -0.2) is 55.4 Å². The van der Waals surface area contributed by atoms with Gasteiger partial charge in [0.15, 0.2) is 0 Å². The van der Waals surface area contributed by atoms with Gasteiger partial charge in [-0.3, -0.25) is 9.59 Å². The molecule has 0 aromatic heterocycles. The van der Waals surface area contributed by atoms with Crippen LogP contribution in [0, 0.1) is 11.8 Å². The summed E-state index contributed by atoms with van der Waals surface area (Å²) in [5.41, 5.74) is -0.878. The van der Waals surface area contributed by atoms with Crippen molar-refractivity contribution in [3.05, 3.63) is 0 Å². The Morgan fingerprint density at radius 2 is 1.76 bits per heavy atom. The highest BCUT2D eigenvalue weighted by molar-refractivity contribution is 5.80. The standard InChI is InChI=1S/C13H20F3NO4/c1-12(2,3)21-11(19)8-5-17(10(18)7-20-4)6-9(8)13(14,15)16/h8-9H,5-7H2,1-4H3/t8-,9-/m1/s1. The first kappa shape index (κ1) is 17.7. The second kappa shape index (κ2) is 6.21. The smallest absolute Gasteiger partial charge is 0.394 e. The van der Waals surface area contributed by atoms with E-state index in [1.807, 2.05) is 0 Å². The van der Waals surface area contributed by atoms with Gasteiger partial charge in [0.1, 0.15) is 12.2 Å². The maximum absolute atomic E-state index is 13.0. The second-order valence-corrected chi connectivity index (χ2v) is 6.02. The average Bonchev–Trinajstić information content (AvgIpc) is 2.71. The van der Waals surface area contributed by atoms with E-state index in [9.17, 15) is 22.8 Å². The highest BCUT2D eigenvalue weighted by atomic mass is 19.4. The molecule has 0 aliphatic carbocycles. The molecule has 1 aliphatic heterocycles. The van der Waals surface area contributed by atoms with Crippen LogP contribution in [0.3, 0.4) is 0 Å². The summed E-state index contributed by atoms with van der Waals surface area (Å²) in [6.07, 6.45) is -4.57. The summed E-state index contributed by atoms with van der Waals surface area (Å²) < 4.78 is 48.8. The van der Waals surface area contributed by atoms with Crippen molar-refractivity contribution >= 4 is 11.9 Å². The van der Waals surface area contributed by atoms with E-state index >= 15 is 0 Å². The number of carbonyl (C=O) groups is 2. The first-order valence-electron chi connectivity index (χ1n) is 6.52. The number of hydrogen-bond acceptors (Lipinski definition) is 4. The molecule has 1 rings (SSSR count). The molecule has 0 aromatic rings. The summed E-state index contributed by atoms with van der Waals surface area (Å²) >= 11 is 0. The summed E-state index contributed by atoms with van der Waals surface area (Å²) in [5.74, 6) is -4.81. The predicted molar refractivity (Wildman–Crippen MR) is 67.3 cm³/mol. The molecule has 0 spiro atoms. The first-order valence-corrected chi connectivity index (χ1v) is 6.52. The third-order valence-corrected chi connectivity index (χ3v) is 3.07. The number of likely N-dealkylation sites (tertiary alicyclic amines) is 1. The van der Waals surface area contributed by atoms with Gasteiger partial charge < -0.3 is 14.4 Å². The molecule has 0 bridgehead atoms. The maximum atomic E-state index is 13.0. The van der Waals surface area contributed by atoms with Crippen molar-refractivity contribution in [2.45, 2.75) is 32.5 Å². The van der Waals surface area contributed by atoms with Crippen LogP contribution in [0.15, 0.2) is 0 Å². The Kier molecular flexibility index (Phi) is 5.25.